The number of fused-ring (bicyclic) bond motifs is 1. The Kier molecular flexibility index (Phi) is 4.07. The lowest BCUT2D eigenvalue weighted by Crippen LogP contribution is -2.44. The van der Waals surface area contributed by atoms with Gasteiger partial charge in [-0.05, 0) is 39.1 Å². The Morgan fingerprint density at radius 3 is 2.48 bits per heavy atom. The Labute approximate surface area is 135 Å². The predicted octanol–water partition coefficient (Wildman–Crippen LogP) is 0.846. The molecule has 0 saturated carbocycles. The predicted molar refractivity (Wildman–Crippen MR) is 86.9 cm³/mol. The van der Waals surface area contributed by atoms with Crippen LogP contribution in [0.25, 0.3) is 11.1 Å². The largest absolute Gasteiger partial charge is 0.419 e. The molecule has 2 heterocycles. The van der Waals surface area contributed by atoms with Crippen LogP contribution in [0.5, 0.6) is 0 Å². The summed E-state index contributed by atoms with van der Waals surface area (Å²) < 4.78 is 33.5. The minimum atomic E-state index is -3.56. The molecule has 0 spiro atoms. The minimum absolute atomic E-state index is 0.169. The highest BCUT2D eigenvalue weighted by atomic mass is 32.2. The summed E-state index contributed by atoms with van der Waals surface area (Å²) in [6.45, 7) is 1.00. The lowest BCUT2D eigenvalue weighted by Gasteiger charge is -2.34. The number of aromatic nitrogens is 1. The lowest BCUT2D eigenvalue weighted by atomic mass is 10.1. The molecular weight excluding hydrogens is 318 g/mol. The SMILES string of the molecule is CN(C)C1CCN(S(=O)(=O)c2ccc3c(c2)oc(=O)n3C)CC1. The second-order valence-corrected chi connectivity index (χ2v) is 8.09. The van der Waals surface area contributed by atoms with Crippen LogP contribution in [0.1, 0.15) is 12.8 Å². The molecule has 0 radical (unpaired) electrons. The Hall–Kier alpha value is -1.64. The van der Waals surface area contributed by atoms with Gasteiger partial charge in [0.25, 0.3) is 0 Å². The van der Waals surface area contributed by atoms with Crippen molar-refractivity contribution in [3.63, 3.8) is 0 Å². The summed E-state index contributed by atoms with van der Waals surface area (Å²) in [6, 6.07) is 4.99. The summed E-state index contributed by atoms with van der Waals surface area (Å²) in [7, 11) is 2.06. The van der Waals surface area contributed by atoms with Gasteiger partial charge in [-0.1, -0.05) is 0 Å². The van der Waals surface area contributed by atoms with Gasteiger partial charge < -0.3 is 9.32 Å². The van der Waals surface area contributed by atoms with Crippen LogP contribution in [0.15, 0.2) is 32.3 Å². The van der Waals surface area contributed by atoms with Crippen LogP contribution in [0, 0.1) is 0 Å². The molecule has 3 rings (SSSR count). The minimum Gasteiger partial charge on any atom is -0.408 e. The smallest absolute Gasteiger partial charge is 0.408 e. The molecule has 1 aliphatic rings. The molecule has 23 heavy (non-hydrogen) atoms. The third kappa shape index (κ3) is 2.82. The number of rotatable bonds is 3. The quantitative estimate of drug-likeness (QED) is 0.828. The first-order chi connectivity index (χ1) is 10.8. The normalized spacial score (nSPS) is 18.1. The molecule has 0 bridgehead atoms. The number of nitrogens with zero attached hydrogens (tertiary/aromatic N) is 3. The van der Waals surface area contributed by atoms with E-state index in [2.05, 4.69) is 4.90 Å². The van der Waals surface area contributed by atoms with Crippen LogP contribution in [0.3, 0.4) is 0 Å². The number of hydrogen-bond donors (Lipinski definition) is 0. The van der Waals surface area contributed by atoms with Gasteiger partial charge in [0, 0.05) is 32.2 Å². The van der Waals surface area contributed by atoms with E-state index in [1.807, 2.05) is 14.1 Å². The number of aryl methyl sites for hydroxylation is 1. The van der Waals surface area contributed by atoms with E-state index in [4.69, 9.17) is 4.42 Å². The van der Waals surface area contributed by atoms with E-state index in [-0.39, 0.29) is 4.90 Å². The fraction of sp³-hybridized carbons (Fsp3) is 0.533. The van der Waals surface area contributed by atoms with Crippen LogP contribution >= 0.6 is 0 Å². The van der Waals surface area contributed by atoms with E-state index in [1.165, 1.54) is 21.0 Å². The molecule has 126 valence electrons. The molecule has 1 saturated heterocycles. The third-order valence-electron chi connectivity index (χ3n) is 4.56. The molecule has 0 aliphatic carbocycles. The first-order valence-corrected chi connectivity index (χ1v) is 9.01. The maximum absolute atomic E-state index is 12.8. The average Bonchev–Trinajstić information content (AvgIpc) is 2.81. The van der Waals surface area contributed by atoms with Crippen molar-refractivity contribution in [2.24, 2.45) is 7.05 Å². The maximum atomic E-state index is 12.8. The summed E-state index contributed by atoms with van der Waals surface area (Å²) in [5.74, 6) is -0.499. The van der Waals surface area contributed by atoms with Crippen LogP contribution in [-0.2, 0) is 17.1 Å². The molecule has 7 nitrogen and oxygen atoms in total. The standard InChI is InChI=1S/C15H21N3O4S/c1-16(2)11-6-8-18(9-7-11)23(20,21)12-4-5-13-14(10-12)22-15(19)17(13)3/h4-5,10-11H,6-9H2,1-3H3. The molecular formula is C15H21N3O4S. The van der Waals surface area contributed by atoms with Crippen molar-refractivity contribution in [3.8, 4) is 0 Å². The maximum Gasteiger partial charge on any atom is 0.419 e. The van der Waals surface area contributed by atoms with Crippen LogP contribution in [0.4, 0.5) is 0 Å². The van der Waals surface area contributed by atoms with Gasteiger partial charge in [-0.25, -0.2) is 13.2 Å². The fourth-order valence-corrected chi connectivity index (χ4v) is 4.51. The summed E-state index contributed by atoms with van der Waals surface area (Å²) in [5.41, 5.74) is 0.877. The first-order valence-electron chi connectivity index (χ1n) is 7.57. The summed E-state index contributed by atoms with van der Waals surface area (Å²) in [6.07, 6.45) is 1.63. The zero-order valence-corrected chi connectivity index (χ0v) is 14.3. The molecule has 0 atom stereocenters. The van der Waals surface area contributed by atoms with E-state index in [1.54, 1.807) is 13.1 Å². The second-order valence-electron chi connectivity index (χ2n) is 6.16. The molecule has 0 N–H and O–H groups in total. The van der Waals surface area contributed by atoms with Gasteiger partial charge in [0.15, 0.2) is 5.58 Å². The Morgan fingerprint density at radius 2 is 1.87 bits per heavy atom. The number of piperidine rings is 1. The highest BCUT2D eigenvalue weighted by molar-refractivity contribution is 7.89. The lowest BCUT2D eigenvalue weighted by molar-refractivity contribution is 0.196. The zero-order valence-electron chi connectivity index (χ0n) is 13.5. The highest BCUT2D eigenvalue weighted by Crippen LogP contribution is 2.24. The number of sulfonamides is 1. The second kappa shape index (κ2) is 5.77. The van der Waals surface area contributed by atoms with Crippen molar-refractivity contribution in [2.75, 3.05) is 27.2 Å². The third-order valence-corrected chi connectivity index (χ3v) is 6.45. The van der Waals surface area contributed by atoms with E-state index in [0.717, 1.165) is 12.8 Å². The monoisotopic (exact) mass is 339 g/mol. The van der Waals surface area contributed by atoms with Crippen LogP contribution in [-0.4, -0.2) is 55.4 Å². The van der Waals surface area contributed by atoms with E-state index in [0.29, 0.717) is 30.2 Å². The zero-order chi connectivity index (χ0) is 16.8. The van der Waals surface area contributed by atoms with E-state index < -0.39 is 15.8 Å². The number of hydrogen-bond acceptors (Lipinski definition) is 5. The summed E-state index contributed by atoms with van der Waals surface area (Å²) >= 11 is 0. The molecule has 0 unspecified atom stereocenters. The van der Waals surface area contributed by atoms with Gasteiger partial charge in [-0.3, -0.25) is 4.57 Å². The molecule has 2 aromatic rings. The number of oxazole rings is 1. The van der Waals surface area contributed by atoms with Crippen molar-refractivity contribution < 1.29 is 12.8 Å². The molecule has 1 fully saturated rings. The van der Waals surface area contributed by atoms with Crippen LogP contribution in [0.2, 0.25) is 0 Å². The van der Waals surface area contributed by atoms with Gasteiger partial charge in [-0.15, -0.1) is 0 Å². The van der Waals surface area contributed by atoms with Gasteiger partial charge in [-0.2, -0.15) is 4.31 Å². The first kappa shape index (κ1) is 16.2. The van der Waals surface area contributed by atoms with Crippen molar-refractivity contribution in [3.05, 3.63) is 28.7 Å². The average molecular weight is 339 g/mol. The van der Waals surface area contributed by atoms with Crippen molar-refractivity contribution in [2.45, 2.75) is 23.8 Å². The Morgan fingerprint density at radius 1 is 1.22 bits per heavy atom. The van der Waals surface area contributed by atoms with E-state index >= 15 is 0 Å². The molecule has 8 heteroatoms. The highest BCUT2D eigenvalue weighted by Gasteiger charge is 2.30. The Bertz CT molecular complexity index is 874. The molecule has 0 amide bonds. The van der Waals surface area contributed by atoms with Gasteiger partial charge >= 0.3 is 5.76 Å². The topological polar surface area (TPSA) is 75.8 Å². The van der Waals surface area contributed by atoms with Crippen LogP contribution < -0.4 is 5.76 Å². The molecule has 1 aromatic heterocycles. The van der Waals surface area contributed by atoms with Gasteiger partial charge in [0.2, 0.25) is 10.0 Å². The fourth-order valence-electron chi connectivity index (χ4n) is 3.02. The van der Waals surface area contributed by atoms with Crippen molar-refractivity contribution >= 4 is 21.1 Å². The summed E-state index contributed by atoms with van der Waals surface area (Å²) in [5, 5.41) is 0. The van der Waals surface area contributed by atoms with Gasteiger partial charge in [0.1, 0.15) is 0 Å². The van der Waals surface area contributed by atoms with E-state index in [9.17, 15) is 13.2 Å². The van der Waals surface area contributed by atoms with Crippen molar-refractivity contribution in [1.29, 1.82) is 0 Å². The molecule has 1 aromatic carbocycles. The molecule has 1 aliphatic heterocycles. The summed E-state index contributed by atoms with van der Waals surface area (Å²) in [4.78, 5) is 13.8. The van der Waals surface area contributed by atoms with Gasteiger partial charge in [0.05, 0.1) is 10.4 Å². The van der Waals surface area contributed by atoms with Crippen molar-refractivity contribution in [1.82, 2.24) is 13.8 Å². The number of benzene rings is 1. The Balaban J connectivity index is 1.90.